The molecule has 2 aromatic carbocycles. The molecule has 212 valence electrons. The summed E-state index contributed by atoms with van der Waals surface area (Å²) in [4.78, 5) is 49.7. The zero-order chi connectivity index (χ0) is 28.8. The van der Waals surface area contributed by atoms with E-state index in [2.05, 4.69) is 16.0 Å². The van der Waals surface area contributed by atoms with Gasteiger partial charge in [0.05, 0.1) is 6.04 Å². The van der Waals surface area contributed by atoms with Gasteiger partial charge in [-0.15, -0.1) is 0 Å². The Morgan fingerprint density at radius 2 is 1.36 bits per heavy atom. The molecule has 0 radical (unpaired) electrons. The molecule has 10 nitrogen and oxygen atoms in total. The Kier molecular flexibility index (Phi) is 12.4. The Bertz CT molecular complexity index is 1070. The summed E-state index contributed by atoms with van der Waals surface area (Å²) >= 11 is 0. The first kappa shape index (κ1) is 31.3. The van der Waals surface area contributed by atoms with Gasteiger partial charge in [0, 0.05) is 13.0 Å². The number of amides is 3. The predicted octanol–water partition coefficient (Wildman–Crippen LogP) is 2.55. The van der Waals surface area contributed by atoms with Crippen molar-refractivity contribution in [2.45, 2.75) is 76.6 Å². The summed E-state index contributed by atoms with van der Waals surface area (Å²) in [7, 11) is 0. The van der Waals surface area contributed by atoms with E-state index in [1.807, 2.05) is 60.7 Å². The Balaban J connectivity index is 1.97. The first-order chi connectivity index (χ1) is 18.4. The van der Waals surface area contributed by atoms with Crippen molar-refractivity contribution in [3.63, 3.8) is 0 Å². The van der Waals surface area contributed by atoms with Gasteiger partial charge in [-0.1, -0.05) is 60.7 Å². The zero-order valence-electron chi connectivity index (χ0n) is 22.8. The quantitative estimate of drug-likeness (QED) is 0.230. The fourth-order valence-corrected chi connectivity index (χ4v) is 3.81. The van der Waals surface area contributed by atoms with Gasteiger partial charge in [-0.25, -0.2) is 9.59 Å². The number of carbonyl (C=O) groups is 4. The third kappa shape index (κ3) is 12.4. The molecular weight excluding hydrogens is 500 g/mol. The maximum Gasteiger partial charge on any atom is 0.407 e. The molecule has 6 N–H and O–H groups in total. The topological polar surface area (TPSA) is 160 Å². The van der Waals surface area contributed by atoms with Crippen LogP contribution in [0.5, 0.6) is 0 Å². The summed E-state index contributed by atoms with van der Waals surface area (Å²) < 4.78 is 5.17. The van der Waals surface area contributed by atoms with E-state index in [4.69, 9.17) is 10.5 Å². The molecule has 0 aliphatic carbocycles. The predicted molar refractivity (Wildman–Crippen MR) is 148 cm³/mol. The molecule has 2 aromatic rings. The smallest absolute Gasteiger partial charge is 0.407 e. The van der Waals surface area contributed by atoms with Crippen LogP contribution in [0.1, 0.15) is 51.2 Å². The minimum atomic E-state index is -1.19. The van der Waals surface area contributed by atoms with Gasteiger partial charge in [-0.05, 0) is 57.6 Å². The van der Waals surface area contributed by atoms with Crippen LogP contribution in [-0.2, 0) is 32.0 Å². The molecule has 0 aromatic heterocycles. The van der Waals surface area contributed by atoms with Gasteiger partial charge in [-0.2, -0.15) is 0 Å². The van der Waals surface area contributed by atoms with Crippen molar-refractivity contribution in [2.24, 2.45) is 5.73 Å². The highest BCUT2D eigenvalue weighted by molar-refractivity contribution is 5.92. The fraction of sp³-hybridized carbons (Fsp3) is 0.448. The van der Waals surface area contributed by atoms with E-state index in [-0.39, 0.29) is 12.8 Å². The van der Waals surface area contributed by atoms with Crippen LogP contribution in [0.4, 0.5) is 4.79 Å². The summed E-state index contributed by atoms with van der Waals surface area (Å²) in [6, 6.07) is 15.4. The van der Waals surface area contributed by atoms with Crippen LogP contribution in [0.3, 0.4) is 0 Å². The number of hydrogen-bond donors (Lipinski definition) is 5. The lowest BCUT2D eigenvalue weighted by Gasteiger charge is -2.23. The zero-order valence-corrected chi connectivity index (χ0v) is 22.8. The average molecular weight is 541 g/mol. The van der Waals surface area contributed by atoms with Crippen LogP contribution in [0, 0.1) is 0 Å². The number of carbonyl (C=O) groups excluding carboxylic acids is 3. The van der Waals surface area contributed by atoms with Crippen LogP contribution in [0.15, 0.2) is 60.7 Å². The highest BCUT2D eigenvalue weighted by Crippen LogP contribution is 2.09. The molecule has 0 aliphatic heterocycles. The maximum atomic E-state index is 13.2. The van der Waals surface area contributed by atoms with Crippen molar-refractivity contribution in [3.8, 4) is 0 Å². The number of unbranched alkanes of at least 4 members (excludes halogenated alkanes) is 1. The largest absolute Gasteiger partial charge is 0.480 e. The number of ether oxygens (including phenoxy) is 1. The van der Waals surface area contributed by atoms with Crippen molar-refractivity contribution in [1.29, 1.82) is 0 Å². The number of rotatable bonds is 14. The monoisotopic (exact) mass is 540 g/mol. The number of carboxylic acids is 1. The summed E-state index contributed by atoms with van der Waals surface area (Å²) in [5, 5.41) is 17.6. The molecule has 0 saturated carbocycles. The second kappa shape index (κ2) is 15.5. The highest BCUT2D eigenvalue weighted by atomic mass is 16.6. The minimum Gasteiger partial charge on any atom is -0.480 e. The van der Waals surface area contributed by atoms with Crippen molar-refractivity contribution in [2.75, 3.05) is 6.54 Å². The molecule has 10 heteroatoms. The Labute approximate surface area is 229 Å². The van der Waals surface area contributed by atoms with Crippen LogP contribution < -0.4 is 21.7 Å². The van der Waals surface area contributed by atoms with E-state index in [1.165, 1.54) is 0 Å². The van der Waals surface area contributed by atoms with Crippen molar-refractivity contribution in [3.05, 3.63) is 71.8 Å². The van der Waals surface area contributed by atoms with Gasteiger partial charge in [0.1, 0.15) is 17.7 Å². The molecule has 0 aliphatic rings. The molecule has 0 bridgehead atoms. The molecule has 0 unspecified atom stereocenters. The van der Waals surface area contributed by atoms with Gasteiger partial charge < -0.3 is 31.5 Å². The lowest BCUT2D eigenvalue weighted by atomic mass is 10.0. The lowest BCUT2D eigenvalue weighted by molar-refractivity contribution is -0.142. The van der Waals surface area contributed by atoms with Crippen LogP contribution in [0.25, 0.3) is 0 Å². The van der Waals surface area contributed by atoms with Crippen molar-refractivity contribution < 1.29 is 29.0 Å². The van der Waals surface area contributed by atoms with E-state index in [1.54, 1.807) is 20.8 Å². The average Bonchev–Trinajstić information content (AvgIpc) is 2.87. The van der Waals surface area contributed by atoms with E-state index in [9.17, 15) is 24.3 Å². The van der Waals surface area contributed by atoms with E-state index >= 15 is 0 Å². The molecule has 39 heavy (non-hydrogen) atoms. The highest BCUT2D eigenvalue weighted by Gasteiger charge is 2.28. The number of nitrogens with two attached hydrogens (primary N) is 1. The number of carboxylic acid groups (broad SMARTS) is 1. The third-order valence-corrected chi connectivity index (χ3v) is 5.75. The molecule has 2 rings (SSSR count). The SMILES string of the molecule is CC(C)(C)OC(=O)NCCCC[C@H](NC(=O)[C@H](Cc1ccccc1)NC(=O)[C@@H](N)Cc1ccccc1)C(=O)O. The van der Waals surface area contributed by atoms with Crippen LogP contribution in [-0.4, -0.2) is 59.3 Å². The number of nitrogens with one attached hydrogen (secondary N) is 3. The van der Waals surface area contributed by atoms with Gasteiger partial charge in [0.25, 0.3) is 0 Å². The molecule has 0 spiro atoms. The van der Waals surface area contributed by atoms with Gasteiger partial charge >= 0.3 is 12.1 Å². The van der Waals surface area contributed by atoms with E-state index in [0.717, 1.165) is 11.1 Å². The Morgan fingerprint density at radius 1 is 0.821 bits per heavy atom. The molecule has 0 fully saturated rings. The normalized spacial score (nSPS) is 13.4. The number of aliphatic carboxylic acids is 1. The van der Waals surface area contributed by atoms with E-state index in [0.29, 0.717) is 25.8 Å². The number of benzene rings is 2. The number of alkyl carbamates (subject to hydrolysis) is 1. The second-order valence-corrected chi connectivity index (χ2v) is 10.4. The van der Waals surface area contributed by atoms with Crippen molar-refractivity contribution >= 4 is 23.9 Å². The number of hydrogen-bond acceptors (Lipinski definition) is 6. The fourth-order valence-electron chi connectivity index (χ4n) is 3.81. The van der Waals surface area contributed by atoms with E-state index < -0.39 is 47.6 Å². The van der Waals surface area contributed by atoms with Gasteiger partial charge in [0.15, 0.2) is 0 Å². The van der Waals surface area contributed by atoms with Crippen molar-refractivity contribution in [1.82, 2.24) is 16.0 Å². The van der Waals surface area contributed by atoms with Gasteiger partial charge in [0.2, 0.25) is 11.8 Å². The maximum absolute atomic E-state index is 13.2. The molecule has 0 saturated heterocycles. The van der Waals surface area contributed by atoms with Crippen LogP contribution >= 0.6 is 0 Å². The minimum absolute atomic E-state index is 0.149. The molecular formula is C29H40N4O6. The lowest BCUT2D eigenvalue weighted by Crippen LogP contribution is -2.55. The summed E-state index contributed by atoms with van der Waals surface area (Å²) in [6.45, 7) is 5.59. The summed E-state index contributed by atoms with van der Waals surface area (Å²) in [5.41, 5.74) is 7.19. The van der Waals surface area contributed by atoms with Crippen LogP contribution in [0.2, 0.25) is 0 Å². The summed E-state index contributed by atoms with van der Waals surface area (Å²) in [5.74, 6) is -2.30. The Hall–Kier alpha value is -3.92. The summed E-state index contributed by atoms with van der Waals surface area (Å²) in [6.07, 6.45) is 0.999. The molecule has 3 atom stereocenters. The molecule has 3 amide bonds. The molecule has 0 heterocycles. The first-order valence-electron chi connectivity index (χ1n) is 13.1. The second-order valence-electron chi connectivity index (χ2n) is 10.4. The van der Waals surface area contributed by atoms with Gasteiger partial charge in [-0.3, -0.25) is 9.59 Å². The third-order valence-electron chi connectivity index (χ3n) is 5.75. The first-order valence-corrected chi connectivity index (χ1v) is 13.1. The Morgan fingerprint density at radius 3 is 1.90 bits per heavy atom. The standard InChI is InChI=1S/C29H40N4O6/c1-29(2,3)39-28(38)31-17-11-10-16-23(27(36)37)32-26(35)24(19-21-14-8-5-9-15-21)33-25(34)22(30)18-20-12-6-4-7-13-20/h4-9,12-15,22-24H,10-11,16-19,30H2,1-3H3,(H,31,38)(H,32,35)(H,33,34)(H,36,37)/t22-,23-,24-/m0/s1.